The summed E-state index contributed by atoms with van der Waals surface area (Å²) in [4.78, 5) is 0. The summed E-state index contributed by atoms with van der Waals surface area (Å²) in [5, 5.41) is 0. The van der Waals surface area contributed by atoms with Crippen LogP contribution in [-0.2, 0) is 5.54 Å². The minimum atomic E-state index is -0.351. The maximum absolute atomic E-state index is 13.6. The normalized spacial score (nSPS) is 28.1. The molecular weight excluding hydrogens is 213 g/mol. The van der Waals surface area contributed by atoms with E-state index in [9.17, 15) is 4.39 Å². The molecule has 0 bridgehead atoms. The number of rotatable bonds is 1. The summed E-state index contributed by atoms with van der Waals surface area (Å²) in [5.74, 6) is -0.143. The highest BCUT2D eigenvalue weighted by Gasteiger charge is 2.38. The molecule has 1 aliphatic carbocycles. The molecule has 1 atom stereocenters. The molecule has 94 valence electrons. The summed E-state index contributed by atoms with van der Waals surface area (Å²) < 4.78 is 13.6. The molecule has 1 aromatic rings. The second kappa shape index (κ2) is 4.09. The van der Waals surface area contributed by atoms with Crippen LogP contribution in [0.4, 0.5) is 4.39 Å². The lowest BCUT2D eigenvalue weighted by atomic mass is 9.66. The van der Waals surface area contributed by atoms with Crippen LogP contribution in [0.3, 0.4) is 0 Å². The molecule has 1 fully saturated rings. The van der Waals surface area contributed by atoms with Gasteiger partial charge in [0.15, 0.2) is 0 Å². The van der Waals surface area contributed by atoms with E-state index < -0.39 is 0 Å². The Kier molecular flexibility index (Phi) is 3.03. The summed E-state index contributed by atoms with van der Waals surface area (Å²) >= 11 is 0. The molecular formula is C15H22FN. The number of aryl methyl sites for hydroxylation is 1. The van der Waals surface area contributed by atoms with Crippen LogP contribution in [-0.4, -0.2) is 0 Å². The van der Waals surface area contributed by atoms with Gasteiger partial charge in [-0.2, -0.15) is 0 Å². The first-order valence-corrected chi connectivity index (χ1v) is 6.38. The average Bonchev–Trinajstić information content (AvgIpc) is 2.20. The molecule has 0 saturated heterocycles. The van der Waals surface area contributed by atoms with Crippen LogP contribution in [0.25, 0.3) is 0 Å². The largest absolute Gasteiger partial charge is 0.321 e. The molecule has 2 rings (SSSR count). The van der Waals surface area contributed by atoms with Gasteiger partial charge in [0.2, 0.25) is 0 Å². The van der Waals surface area contributed by atoms with E-state index in [0.717, 1.165) is 24.8 Å². The van der Waals surface area contributed by atoms with E-state index in [2.05, 4.69) is 13.8 Å². The molecule has 2 N–H and O–H groups in total. The lowest BCUT2D eigenvalue weighted by molar-refractivity contribution is 0.151. The highest BCUT2D eigenvalue weighted by Crippen LogP contribution is 2.44. The first-order chi connectivity index (χ1) is 7.82. The van der Waals surface area contributed by atoms with Crippen LogP contribution in [0.1, 0.15) is 50.7 Å². The van der Waals surface area contributed by atoms with Gasteiger partial charge in [-0.25, -0.2) is 4.39 Å². The summed E-state index contributed by atoms with van der Waals surface area (Å²) in [7, 11) is 0. The maximum atomic E-state index is 13.6. The van der Waals surface area contributed by atoms with E-state index in [-0.39, 0.29) is 16.8 Å². The molecule has 0 amide bonds. The standard InChI is InChI=1S/C15H22FN/c1-11-5-6-12(9-13(11)16)15(17)8-4-7-14(2,3)10-15/h5-6,9H,4,7-8,10,17H2,1-3H3. The minimum absolute atomic E-state index is 0.143. The molecule has 0 aromatic heterocycles. The van der Waals surface area contributed by atoms with E-state index >= 15 is 0 Å². The fourth-order valence-corrected chi connectivity index (χ4v) is 3.06. The zero-order valence-electron chi connectivity index (χ0n) is 11.0. The molecule has 2 heteroatoms. The molecule has 0 aliphatic heterocycles. The third-order valence-electron chi connectivity index (χ3n) is 4.02. The average molecular weight is 235 g/mol. The summed E-state index contributed by atoms with van der Waals surface area (Å²) in [5.41, 5.74) is 8.06. The quantitative estimate of drug-likeness (QED) is 0.785. The van der Waals surface area contributed by atoms with Crippen molar-refractivity contribution in [3.05, 3.63) is 35.1 Å². The van der Waals surface area contributed by atoms with Gasteiger partial charge in [0, 0.05) is 5.54 Å². The van der Waals surface area contributed by atoms with Crippen molar-refractivity contribution in [3.63, 3.8) is 0 Å². The van der Waals surface area contributed by atoms with Crippen LogP contribution < -0.4 is 5.73 Å². The Hall–Kier alpha value is -0.890. The van der Waals surface area contributed by atoms with Crippen LogP contribution in [0.2, 0.25) is 0 Å². The van der Waals surface area contributed by atoms with Gasteiger partial charge >= 0.3 is 0 Å². The van der Waals surface area contributed by atoms with Crippen molar-refractivity contribution >= 4 is 0 Å². The van der Waals surface area contributed by atoms with Gasteiger partial charge in [0.05, 0.1) is 0 Å². The lowest BCUT2D eigenvalue weighted by Gasteiger charge is -2.43. The van der Waals surface area contributed by atoms with Gasteiger partial charge in [0.1, 0.15) is 5.82 Å². The molecule has 1 nitrogen and oxygen atoms in total. The monoisotopic (exact) mass is 235 g/mol. The lowest BCUT2D eigenvalue weighted by Crippen LogP contribution is -2.44. The van der Waals surface area contributed by atoms with Gasteiger partial charge in [0.25, 0.3) is 0 Å². The predicted molar refractivity (Wildman–Crippen MR) is 69.3 cm³/mol. The Labute approximate surface area is 103 Å². The first kappa shape index (κ1) is 12.6. The van der Waals surface area contributed by atoms with Crippen molar-refractivity contribution in [3.8, 4) is 0 Å². The topological polar surface area (TPSA) is 26.0 Å². The molecule has 17 heavy (non-hydrogen) atoms. The van der Waals surface area contributed by atoms with Crippen LogP contribution in [0.15, 0.2) is 18.2 Å². The number of nitrogens with two attached hydrogens (primary N) is 1. The first-order valence-electron chi connectivity index (χ1n) is 6.38. The summed E-state index contributed by atoms with van der Waals surface area (Å²) in [6.45, 7) is 6.28. The molecule has 0 radical (unpaired) electrons. The zero-order chi connectivity index (χ0) is 12.7. The van der Waals surface area contributed by atoms with Crippen LogP contribution in [0.5, 0.6) is 0 Å². The van der Waals surface area contributed by atoms with Gasteiger partial charge in [-0.3, -0.25) is 0 Å². The fourth-order valence-electron chi connectivity index (χ4n) is 3.06. The Morgan fingerprint density at radius 2 is 1.94 bits per heavy atom. The van der Waals surface area contributed by atoms with E-state index in [1.807, 2.05) is 12.1 Å². The zero-order valence-corrected chi connectivity index (χ0v) is 11.0. The fraction of sp³-hybridized carbons (Fsp3) is 0.600. The number of benzene rings is 1. The molecule has 1 unspecified atom stereocenters. The van der Waals surface area contributed by atoms with Crippen molar-refractivity contribution in [1.29, 1.82) is 0 Å². The van der Waals surface area contributed by atoms with Crippen molar-refractivity contribution in [2.45, 2.75) is 52.0 Å². The SMILES string of the molecule is Cc1ccc(C2(N)CCCC(C)(C)C2)cc1F. The summed E-state index contributed by atoms with van der Waals surface area (Å²) in [6, 6.07) is 5.44. The van der Waals surface area contributed by atoms with Crippen molar-refractivity contribution in [1.82, 2.24) is 0 Å². The highest BCUT2D eigenvalue weighted by molar-refractivity contribution is 5.30. The van der Waals surface area contributed by atoms with Gasteiger partial charge < -0.3 is 5.73 Å². The summed E-state index contributed by atoms with van der Waals surface area (Å²) in [6.07, 6.45) is 4.22. The molecule has 0 heterocycles. The van der Waals surface area contributed by atoms with Crippen molar-refractivity contribution in [2.75, 3.05) is 0 Å². The molecule has 1 aliphatic rings. The number of hydrogen-bond donors (Lipinski definition) is 1. The second-order valence-electron chi connectivity index (χ2n) is 6.31. The highest BCUT2D eigenvalue weighted by atomic mass is 19.1. The Morgan fingerprint density at radius 1 is 1.24 bits per heavy atom. The smallest absolute Gasteiger partial charge is 0.126 e. The predicted octanol–water partition coefficient (Wildman–Crippen LogP) is 3.89. The molecule has 1 aromatic carbocycles. The molecule has 0 spiro atoms. The van der Waals surface area contributed by atoms with Gasteiger partial charge in [-0.05, 0) is 48.8 Å². The Morgan fingerprint density at radius 3 is 2.53 bits per heavy atom. The Balaban J connectivity index is 2.34. The van der Waals surface area contributed by atoms with Crippen LogP contribution in [0, 0.1) is 18.2 Å². The third-order valence-corrected chi connectivity index (χ3v) is 4.02. The molecule has 1 saturated carbocycles. The number of hydrogen-bond acceptors (Lipinski definition) is 1. The van der Waals surface area contributed by atoms with E-state index in [1.165, 1.54) is 6.42 Å². The van der Waals surface area contributed by atoms with Gasteiger partial charge in [-0.15, -0.1) is 0 Å². The van der Waals surface area contributed by atoms with Gasteiger partial charge in [-0.1, -0.05) is 32.4 Å². The van der Waals surface area contributed by atoms with Crippen molar-refractivity contribution in [2.24, 2.45) is 11.1 Å². The van der Waals surface area contributed by atoms with E-state index in [0.29, 0.717) is 5.56 Å². The maximum Gasteiger partial charge on any atom is 0.126 e. The minimum Gasteiger partial charge on any atom is -0.321 e. The van der Waals surface area contributed by atoms with E-state index in [1.54, 1.807) is 13.0 Å². The second-order valence-corrected chi connectivity index (χ2v) is 6.31. The van der Waals surface area contributed by atoms with Crippen molar-refractivity contribution < 1.29 is 4.39 Å². The number of halogens is 1. The van der Waals surface area contributed by atoms with E-state index in [4.69, 9.17) is 5.73 Å². The Bertz CT molecular complexity index is 425. The van der Waals surface area contributed by atoms with Crippen LogP contribution >= 0.6 is 0 Å². The third kappa shape index (κ3) is 2.52.